The van der Waals surface area contributed by atoms with Crippen molar-refractivity contribution in [2.75, 3.05) is 20.5 Å². The zero-order chi connectivity index (χ0) is 20.3. The molecule has 3 rings (SSSR count). The maximum absolute atomic E-state index is 13.2. The highest BCUT2D eigenvalue weighted by molar-refractivity contribution is 7.98. The lowest BCUT2D eigenvalue weighted by Crippen LogP contribution is -2.11. The van der Waals surface area contributed by atoms with E-state index >= 15 is 0 Å². The summed E-state index contributed by atoms with van der Waals surface area (Å²) in [6, 6.07) is 9.96. The van der Waals surface area contributed by atoms with E-state index < -0.39 is 11.9 Å². The van der Waals surface area contributed by atoms with Crippen molar-refractivity contribution in [1.82, 2.24) is 14.5 Å². The number of hydrogen-bond donors (Lipinski definition) is 0. The molecule has 0 saturated heterocycles. The quantitative estimate of drug-likeness (QED) is 0.434. The number of ether oxygens (including phenoxy) is 2. The van der Waals surface area contributed by atoms with E-state index in [4.69, 9.17) is 9.47 Å². The number of rotatable bonds is 6. The number of benzene rings is 1. The van der Waals surface area contributed by atoms with Crippen molar-refractivity contribution in [2.24, 2.45) is 0 Å². The summed E-state index contributed by atoms with van der Waals surface area (Å²) in [5.41, 5.74) is 0.737. The van der Waals surface area contributed by atoms with E-state index in [1.54, 1.807) is 44.9 Å². The standard InChI is InChI=1S/C19H18F3N3O2S/c1-26-15-7-6-12(9-16(15)27-2)11-25-8-4-5-14(25)13-10-17(19(20,21)22)24-18(23-13)28-3/h4-10H,11H2,1-3H3. The highest BCUT2D eigenvalue weighted by Crippen LogP contribution is 2.32. The van der Waals surface area contributed by atoms with Crippen LogP contribution < -0.4 is 9.47 Å². The smallest absolute Gasteiger partial charge is 0.433 e. The van der Waals surface area contributed by atoms with Gasteiger partial charge in [-0.2, -0.15) is 13.2 Å². The van der Waals surface area contributed by atoms with Crippen LogP contribution in [0.5, 0.6) is 11.5 Å². The van der Waals surface area contributed by atoms with Gasteiger partial charge in [-0.1, -0.05) is 17.8 Å². The lowest BCUT2D eigenvalue weighted by atomic mass is 10.2. The number of halogens is 3. The van der Waals surface area contributed by atoms with Crippen molar-refractivity contribution in [3.05, 3.63) is 53.9 Å². The van der Waals surface area contributed by atoms with Gasteiger partial charge in [-0.3, -0.25) is 0 Å². The molecule has 0 fully saturated rings. The second-order valence-corrected chi connectivity index (χ2v) is 6.61. The Kier molecular flexibility index (Phi) is 5.83. The minimum Gasteiger partial charge on any atom is -0.493 e. The van der Waals surface area contributed by atoms with E-state index in [1.807, 2.05) is 16.7 Å². The predicted molar refractivity (Wildman–Crippen MR) is 101 cm³/mol. The number of methoxy groups -OCH3 is 2. The first-order valence-corrected chi connectivity index (χ1v) is 9.45. The Morgan fingerprint density at radius 2 is 1.79 bits per heavy atom. The number of hydrogen-bond acceptors (Lipinski definition) is 5. The number of alkyl halides is 3. The Hall–Kier alpha value is -2.68. The number of nitrogens with zero attached hydrogens (tertiary/aromatic N) is 3. The first kappa shape index (κ1) is 20.1. The predicted octanol–water partition coefficient (Wildman–Crippen LogP) is 4.75. The van der Waals surface area contributed by atoms with Gasteiger partial charge in [0.25, 0.3) is 0 Å². The number of thioether (sulfide) groups is 1. The van der Waals surface area contributed by atoms with Crippen LogP contribution >= 0.6 is 11.8 Å². The molecule has 9 heteroatoms. The average molecular weight is 409 g/mol. The van der Waals surface area contributed by atoms with E-state index in [0.29, 0.717) is 23.7 Å². The van der Waals surface area contributed by atoms with Crippen LogP contribution in [-0.4, -0.2) is 35.0 Å². The zero-order valence-electron chi connectivity index (χ0n) is 15.4. The van der Waals surface area contributed by atoms with Crippen molar-refractivity contribution < 1.29 is 22.6 Å². The molecule has 0 radical (unpaired) electrons. The van der Waals surface area contributed by atoms with Gasteiger partial charge in [0.15, 0.2) is 16.7 Å². The summed E-state index contributed by atoms with van der Waals surface area (Å²) in [7, 11) is 3.10. The van der Waals surface area contributed by atoms with Gasteiger partial charge in [0.1, 0.15) is 5.69 Å². The van der Waals surface area contributed by atoms with Gasteiger partial charge in [0.2, 0.25) is 0 Å². The second kappa shape index (κ2) is 8.14. The molecule has 5 nitrogen and oxygen atoms in total. The highest BCUT2D eigenvalue weighted by atomic mass is 32.2. The topological polar surface area (TPSA) is 49.2 Å². The summed E-state index contributed by atoms with van der Waals surface area (Å²) in [5, 5.41) is 0.0729. The molecule has 148 valence electrons. The van der Waals surface area contributed by atoms with Crippen LogP contribution in [0.15, 0.2) is 47.8 Å². The summed E-state index contributed by atoms with van der Waals surface area (Å²) in [6.07, 6.45) is -1.11. The van der Waals surface area contributed by atoms with Gasteiger partial charge in [-0.05, 0) is 42.2 Å². The largest absolute Gasteiger partial charge is 0.493 e. The monoisotopic (exact) mass is 409 g/mol. The second-order valence-electron chi connectivity index (χ2n) is 5.83. The lowest BCUT2D eigenvalue weighted by molar-refractivity contribution is -0.141. The molecule has 0 amide bonds. The van der Waals surface area contributed by atoms with Crippen LogP contribution in [-0.2, 0) is 12.7 Å². The minimum absolute atomic E-state index is 0.0729. The molecule has 3 aromatic rings. The molecule has 2 aromatic heterocycles. The maximum Gasteiger partial charge on any atom is 0.433 e. The third-order valence-corrected chi connectivity index (χ3v) is 4.62. The molecule has 0 bridgehead atoms. The molecule has 0 aliphatic rings. The third-order valence-electron chi connectivity index (χ3n) is 4.07. The van der Waals surface area contributed by atoms with E-state index in [9.17, 15) is 13.2 Å². The van der Waals surface area contributed by atoms with Gasteiger partial charge in [-0.25, -0.2) is 9.97 Å². The average Bonchev–Trinajstić information content (AvgIpc) is 3.14. The van der Waals surface area contributed by atoms with Gasteiger partial charge in [-0.15, -0.1) is 0 Å². The van der Waals surface area contributed by atoms with Gasteiger partial charge >= 0.3 is 6.18 Å². The first-order chi connectivity index (χ1) is 13.4. The van der Waals surface area contributed by atoms with Gasteiger partial charge < -0.3 is 14.0 Å². The molecular weight excluding hydrogens is 391 g/mol. The van der Waals surface area contributed by atoms with Crippen LogP contribution in [0, 0.1) is 0 Å². The van der Waals surface area contributed by atoms with E-state index in [2.05, 4.69) is 9.97 Å². The molecule has 0 unspecified atom stereocenters. The van der Waals surface area contributed by atoms with E-state index in [0.717, 1.165) is 23.4 Å². The van der Waals surface area contributed by atoms with E-state index in [-0.39, 0.29) is 10.9 Å². The van der Waals surface area contributed by atoms with Crippen LogP contribution in [0.2, 0.25) is 0 Å². The molecule has 28 heavy (non-hydrogen) atoms. The fraction of sp³-hybridized carbons (Fsp3) is 0.263. The Bertz CT molecular complexity index is 973. The molecule has 0 saturated carbocycles. The van der Waals surface area contributed by atoms with Crippen molar-refractivity contribution >= 4 is 11.8 Å². The molecule has 0 atom stereocenters. The van der Waals surface area contributed by atoms with Crippen molar-refractivity contribution in [1.29, 1.82) is 0 Å². The maximum atomic E-state index is 13.2. The normalized spacial score (nSPS) is 11.5. The van der Waals surface area contributed by atoms with Gasteiger partial charge in [0.05, 0.1) is 25.6 Å². The lowest BCUT2D eigenvalue weighted by Gasteiger charge is -2.14. The minimum atomic E-state index is -4.54. The fourth-order valence-electron chi connectivity index (χ4n) is 2.75. The number of aromatic nitrogens is 3. The Labute approximate surface area is 164 Å². The van der Waals surface area contributed by atoms with Crippen molar-refractivity contribution in [2.45, 2.75) is 17.9 Å². The molecular formula is C19H18F3N3O2S. The van der Waals surface area contributed by atoms with Crippen molar-refractivity contribution in [3.8, 4) is 22.9 Å². The van der Waals surface area contributed by atoms with Crippen LogP contribution in [0.1, 0.15) is 11.3 Å². The Morgan fingerprint density at radius 1 is 1.04 bits per heavy atom. The van der Waals surface area contributed by atoms with Crippen molar-refractivity contribution in [3.63, 3.8) is 0 Å². The van der Waals surface area contributed by atoms with Gasteiger partial charge in [0, 0.05) is 12.7 Å². The summed E-state index contributed by atoms with van der Waals surface area (Å²) in [4.78, 5) is 7.83. The summed E-state index contributed by atoms with van der Waals surface area (Å²) in [5.74, 6) is 1.19. The molecule has 0 aliphatic carbocycles. The SMILES string of the molecule is COc1ccc(Cn2cccc2-c2cc(C(F)(F)F)nc(SC)n2)cc1OC. The third kappa shape index (κ3) is 4.24. The fourth-order valence-corrected chi connectivity index (χ4v) is 3.13. The molecule has 0 aliphatic heterocycles. The Morgan fingerprint density at radius 3 is 2.43 bits per heavy atom. The first-order valence-electron chi connectivity index (χ1n) is 8.22. The molecule has 2 heterocycles. The van der Waals surface area contributed by atoms with E-state index in [1.165, 1.54) is 0 Å². The molecule has 1 aromatic carbocycles. The summed E-state index contributed by atoms with van der Waals surface area (Å²) >= 11 is 1.07. The van der Waals surface area contributed by atoms with Crippen LogP contribution in [0.25, 0.3) is 11.4 Å². The van der Waals surface area contributed by atoms with Crippen LogP contribution in [0.3, 0.4) is 0 Å². The zero-order valence-corrected chi connectivity index (χ0v) is 16.3. The summed E-state index contributed by atoms with van der Waals surface area (Å²) in [6.45, 7) is 0.433. The molecule has 0 spiro atoms. The molecule has 0 N–H and O–H groups in total. The highest BCUT2D eigenvalue weighted by Gasteiger charge is 2.34. The summed E-state index contributed by atoms with van der Waals surface area (Å²) < 4.78 is 52.0. The van der Waals surface area contributed by atoms with Crippen LogP contribution in [0.4, 0.5) is 13.2 Å². The Balaban J connectivity index is 1.99.